The molecule has 0 fully saturated rings. The van der Waals surface area contributed by atoms with E-state index in [2.05, 4.69) is 10.1 Å². The van der Waals surface area contributed by atoms with Crippen molar-refractivity contribution in [3.63, 3.8) is 0 Å². The maximum atomic E-state index is 12.4. The quantitative estimate of drug-likeness (QED) is 0.570. The summed E-state index contributed by atoms with van der Waals surface area (Å²) in [7, 11) is -0.226. The van der Waals surface area contributed by atoms with Crippen LogP contribution in [-0.4, -0.2) is 39.2 Å². The number of rotatable bonds is 8. The van der Waals surface area contributed by atoms with E-state index < -0.39 is 25.4 Å². The van der Waals surface area contributed by atoms with Crippen LogP contribution in [0, 0.1) is 0 Å². The highest BCUT2D eigenvalue weighted by atomic mass is 31.2. The first-order valence-electron chi connectivity index (χ1n) is 6.70. The van der Waals surface area contributed by atoms with Gasteiger partial charge in [0.1, 0.15) is 12.4 Å². The first-order chi connectivity index (χ1) is 10.9. The Morgan fingerprint density at radius 2 is 1.74 bits per heavy atom. The highest BCUT2D eigenvalue weighted by Gasteiger charge is 2.37. The largest absolute Gasteiger partial charge is 0.469 e. The Morgan fingerprint density at radius 3 is 2.26 bits per heavy atom. The number of hydrogen-bond acceptors (Lipinski definition) is 7. The van der Waals surface area contributed by atoms with Crippen LogP contribution in [0.1, 0.15) is 12.0 Å². The Morgan fingerprint density at radius 1 is 1.13 bits per heavy atom. The van der Waals surface area contributed by atoms with Crippen LogP contribution < -0.4 is 5.32 Å². The van der Waals surface area contributed by atoms with Crippen molar-refractivity contribution >= 4 is 19.7 Å². The predicted octanol–water partition coefficient (Wildman–Crippen LogP) is 2.29. The van der Waals surface area contributed by atoms with E-state index in [1.807, 2.05) is 6.07 Å². The topological polar surface area (TPSA) is 100 Å². The van der Waals surface area contributed by atoms with Gasteiger partial charge in [0.15, 0.2) is 0 Å². The van der Waals surface area contributed by atoms with E-state index in [0.29, 0.717) is 0 Å². The van der Waals surface area contributed by atoms with Crippen LogP contribution in [0.4, 0.5) is 4.79 Å². The van der Waals surface area contributed by atoms with Crippen LogP contribution in [0.25, 0.3) is 0 Å². The average molecular weight is 345 g/mol. The zero-order valence-corrected chi connectivity index (χ0v) is 14.1. The lowest BCUT2D eigenvalue weighted by molar-refractivity contribution is -0.140. The third-order valence-corrected chi connectivity index (χ3v) is 5.07. The fraction of sp³-hybridized carbons (Fsp3) is 0.429. The summed E-state index contributed by atoms with van der Waals surface area (Å²) in [6.07, 6.45) is -1.23. The van der Waals surface area contributed by atoms with E-state index in [4.69, 9.17) is 13.8 Å². The van der Waals surface area contributed by atoms with Crippen LogP contribution >= 0.6 is 7.60 Å². The molecule has 8 nitrogen and oxygen atoms in total. The molecule has 1 rings (SSSR count). The summed E-state index contributed by atoms with van der Waals surface area (Å²) in [6.45, 7) is 0.0296. The molecule has 1 aromatic carbocycles. The van der Waals surface area contributed by atoms with Gasteiger partial charge in [-0.15, -0.1) is 0 Å². The van der Waals surface area contributed by atoms with E-state index >= 15 is 0 Å². The van der Waals surface area contributed by atoms with Crippen molar-refractivity contribution in [1.29, 1.82) is 0 Å². The van der Waals surface area contributed by atoms with Crippen molar-refractivity contribution in [1.82, 2.24) is 5.32 Å². The van der Waals surface area contributed by atoms with Crippen molar-refractivity contribution in [3.05, 3.63) is 35.9 Å². The summed E-state index contributed by atoms with van der Waals surface area (Å²) in [5, 5.41) is 2.32. The van der Waals surface area contributed by atoms with Crippen molar-refractivity contribution in [3.8, 4) is 0 Å². The second kappa shape index (κ2) is 9.29. The number of nitrogens with one attached hydrogen (secondary N) is 1. The normalized spacial score (nSPS) is 12.3. The van der Waals surface area contributed by atoms with E-state index in [-0.39, 0.29) is 13.0 Å². The Bertz CT molecular complexity index is 556. The fourth-order valence-electron chi connectivity index (χ4n) is 1.71. The second-order valence-corrected chi connectivity index (χ2v) is 6.84. The maximum absolute atomic E-state index is 12.4. The predicted molar refractivity (Wildman–Crippen MR) is 81.8 cm³/mol. The third-order valence-electron chi connectivity index (χ3n) is 2.98. The molecular weight excluding hydrogens is 325 g/mol. The average Bonchev–Trinajstić information content (AvgIpc) is 2.59. The molecule has 0 aliphatic heterocycles. The minimum Gasteiger partial charge on any atom is -0.469 e. The van der Waals surface area contributed by atoms with Gasteiger partial charge in [-0.2, -0.15) is 0 Å². The first kappa shape index (κ1) is 19.2. The molecule has 9 heteroatoms. The molecule has 0 aliphatic rings. The lowest BCUT2D eigenvalue weighted by Crippen LogP contribution is -2.37. The van der Waals surface area contributed by atoms with Gasteiger partial charge in [0.2, 0.25) is 0 Å². The molecule has 0 spiro atoms. The lowest BCUT2D eigenvalue weighted by atomic mass is 10.2. The summed E-state index contributed by atoms with van der Waals surface area (Å²) < 4.78 is 31.6. The number of methoxy groups -OCH3 is 1. The van der Waals surface area contributed by atoms with Gasteiger partial charge in [0, 0.05) is 14.2 Å². The van der Waals surface area contributed by atoms with Gasteiger partial charge in [-0.1, -0.05) is 30.3 Å². The lowest BCUT2D eigenvalue weighted by Gasteiger charge is -2.24. The van der Waals surface area contributed by atoms with Crippen molar-refractivity contribution < 1.29 is 32.7 Å². The molecule has 0 saturated carbocycles. The molecule has 128 valence electrons. The molecule has 1 aromatic rings. The number of hydrogen-bond donors (Lipinski definition) is 1. The van der Waals surface area contributed by atoms with Gasteiger partial charge in [-0.25, -0.2) is 4.79 Å². The van der Waals surface area contributed by atoms with Crippen LogP contribution in [0.2, 0.25) is 0 Å². The number of amides is 1. The van der Waals surface area contributed by atoms with Gasteiger partial charge >= 0.3 is 19.7 Å². The molecule has 0 aromatic heterocycles. The molecule has 1 N–H and O–H groups in total. The van der Waals surface area contributed by atoms with Crippen molar-refractivity contribution in [2.24, 2.45) is 0 Å². The number of esters is 1. The summed E-state index contributed by atoms with van der Waals surface area (Å²) >= 11 is 0. The molecule has 0 radical (unpaired) electrons. The summed E-state index contributed by atoms with van der Waals surface area (Å²) in [6, 6.07) is 9.02. The Balaban J connectivity index is 2.70. The van der Waals surface area contributed by atoms with Gasteiger partial charge in [-0.3, -0.25) is 9.36 Å². The minimum absolute atomic E-state index is 0.0296. The Kier molecular flexibility index (Phi) is 7.74. The van der Waals surface area contributed by atoms with Gasteiger partial charge in [-0.05, 0) is 5.56 Å². The third kappa shape index (κ3) is 6.02. The van der Waals surface area contributed by atoms with Gasteiger partial charge in [0.25, 0.3) is 0 Å². The number of alkyl carbamates (subject to hydrolysis) is 1. The molecular formula is C14H20NO7P. The highest BCUT2D eigenvalue weighted by molar-refractivity contribution is 7.54. The molecule has 1 amide bonds. The van der Waals surface area contributed by atoms with Crippen LogP contribution in [0.3, 0.4) is 0 Å². The van der Waals surface area contributed by atoms with Crippen molar-refractivity contribution in [2.45, 2.75) is 18.8 Å². The van der Waals surface area contributed by atoms with E-state index in [1.165, 1.54) is 7.11 Å². The molecule has 0 aliphatic carbocycles. The smallest absolute Gasteiger partial charge is 0.408 e. The molecule has 0 bridgehead atoms. The SMILES string of the molecule is COC(=O)CC(NC(=O)OCc1ccccc1)P(=O)(OC)OC. The van der Waals surface area contributed by atoms with E-state index in [0.717, 1.165) is 19.8 Å². The molecule has 1 unspecified atom stereocenters. The molecule has 1 atom stereocenters. The van der Waals surface area contributed by atoms with E-state index in [9.17, 15) is 14.2 Å². The molecule has 0 saturated heterocycles. The molecule has 0 heterocycles. The second-order valence-electron chi connectivity index (χ2n) is 4.41. The number of benzene rings is 1. The fourth-order valence-corrected chi connectivity index (χ4v) is 3.01. The summed E-state index contributed by atoms with van der Waals surface area (Å²) in [4.78, 5) is 23.3. The zero-order chi connectivity index (χ0) is 17.3. The van der Waals surface area contributed by atoms with Gasteiger partial charge < -0.3 is 23.8 Å². The minimum atomic E-state index is -3.72. The standard InChI is InChI=1S/C14H20NO7P/c1-19-13(16)9-12(23(18,20-2)21-3)15-14(17)22-10-11-7-5-4-6-8-11/h4-8,12H,9-10H2,1-3H3,(H,15,17). The zero-order valence-electron chi connectivity index (χ0n) is 13.2. The van der Waals surface area contributed by atoms with Crippen LogP contribution in [0.15, 0.2) is 30.3 Å². The highest BCUT2D eigenvalue weighted by Crippen LogP contribution is 2.51. The number of carbonyl (C=O) groups excluding carboxylic acids is 2. The monoisotopic (exact) mass is 345 g/mol. The Labute approximate surface area is 134 Å². The van der Waals surface area contributed by atoms with Gasteiger partial charge in [0.05, 0.1) is 13.5 Å². The Hall–Kier alpha value is -1.89. The van der Waals surface area contributed by atoms with Crippen LogP contribution in [-0.2, 0) is 34.5 Å². The van der Waals surface area contributed by atoms with Crippen molar-refractivity contribution in [2.75, 3.05) is 21.3 Å². The summed E-state index contributed by atoms with van der Waals surface area (Å²) in [5.41, 5.74) is 0.786. The number of carbonyl (C=O) groups is 2. The molecule has 23 heavy (non-hydrogen) atoms. The number of ether oxygens (including phenoxy) is 2. The first-order valence-corrected chi connectivity index (χ1v) is 8.31. The van der Waals surface area contributed by atoms with E-state index in [1.54, 1.807) is 24.3 Å². The maximum Gasteiger partial charge on any atom is 0.408 e. The summed E-state index contributed by atoms with van der Waals surface area (Å²) in [5.74, 6) is -1.89. The van der Waals surface area contributed by atoms with Crippen LogP contribution in [0.5, 0.6) is 0 Å².